The summed E-state index contributed by atoms with van der Waals surface area (Å²) in [6, 6.07) is 12.4. The Morgan fingerprint density at radius 2 is 2.04 bits per heavy atom. The summed E-state index contributed by atoms with van der Waals surface area (Å²) in [4.78, 5) is 27.9. The summed E-state index contributed by atoms with van der Waals surface area (Å²) in [6.07, 6.45) is 1.76. The number of nitrogens with one attached hydrogen (secondary N) is 1. The maximum Gasteiger partial charge on any atom is 0.264 e. The lowest BCUT2D eigenvalue weighted by molar-refractivity contribution is -0.120. The number of amidine groups is 1. The van der Waals surface area contributed by atoms with E-state index in [1.54, 1.807) is 36.4 Å². The number of amides is 2. The fourth-order valence-electron chi connectivity index (χ4n) is 2.30. The SMILES string of the molecule is Cc1cc(Cl)ccc1N=C1NC(=O)/C(=C/c2ccc(OCC(N)=O)cc2)S1. The lowest BCUT2D eigenvalue weighted by Gasteiger charge is -2.03. The highest BCUT2D eigenvalue weighted by Crippen LogP contribution is 2.30. The highest BCUT2D eigenvalue weighted by Gasteiger charge is 2.24. The second-order valence-electron chi connectivity index (χ2n) is 5.74. The number of primary amides is 1. The molecule has 1 saturated heterocycles. The number of aliphatic imine (C=N–C) groups is 1. The van der Waals surface area contributed by atoms with Crippen LogP contribution in [0.15, 0.2) is 52.4 Å². The van der Waals surface area contributed by atoms with Gasteiger partial charge in [-0.1, -0.05) is 23.7 Å². The summed E-state index contributed by atoms with van der Waals surface area (Å²) >= 11 is 7.22. The van der Waals surface area contributed by atoms with E-state index in [1.165, 1.54) is 11.8 Å². The van der Waals surface area contributed by atoms with Crippen molar-refractivity contribution in [3.8, 4) is 5.75 Å². The Bertz CT molecular complexity index is 955. The number of carbonyl (C=O) groups excluding carboxylic acids is 2. The van der Waals surface area contributed by atoms with Crippen LogP contribution in [-0.4, -0.2) is 23.6 Å². The highest BCUT2D eigenvalue weighted by atomic mass is 35.5. The molecule has 0 radical (unpaired) electrons. The van der Waals surface area contributed by atoms with Crippen molar-refractivity contribution in [2.45, 2.75) is 6.92 Å². The number of nitrogens with zero attached hydrogens (tertiary/aromatic N) is 1. The Morgan fingerprint density at radius 1 is 1.30 bits per heavy atom. The number of carbonyl (C=O) groups is 2. The molecule has 3 rings (SSSR count). The molecule has 8 heteroatoms. The van der Waals surface area contributed by atoms with Crippen LogP contribution >= 0.6 is 23.4 Å². The molecule has 138 valence electrons. The lowest BCUT2D eigenvalue weighted by Crippen LogP contribution is -2.20. The topological polar surface area (TPSA) is 93.8 Å². The van der Waals surface area contributed by atoms with Gasteiger partial charge in [0.2, 0.25) is 0 Å². The van der Waals surface area contributed by atoms with E-state index >= 15 is 0 Å². The van der Waals surface area contributed by atoms with Gasteiger partial charge in [-0.2, -0.15) is 0 Å². The van der Waals surface area contributed by atoms with E-state index in [0.717, 1.165) is 16.8 Å². The molecule has 2 amide bonds. The van der Waals surface area contributed by atoms with Gasteiger partial charge in [0.25, 0.3) is 11.8 Å². The molecule has 0 bridgehead atoms. The standard InChI is InChI=1S/C19H16ClN3O3S/c1-11-8-13(20)4-7-15(11)22-19-23-18(25)16(27-19)9-12-2-5-14(6-3-12)26-10-17(21)24/h2-9H,10H2,1H3,(H2,21,24)(H,22,23,25)/b16-9-. The molecule has 0 spiro atoms. The van der Waals surface area contributed by atoms with Crippen molar-refractivity contribution in [2.24, 2.45) is 10.7 Å². The van der Waals surface area contributed by atoms with Crippen LogP contribution in [0.1, 0.15) is 11.1 Å². The zero-order valence-electron chi connectivity index (χ0n) is 14.4. The lowest BCUT2D eigenvalue weighted by atomic mass is 10.2. The average molecular weight is 402 g/mol. The summed E-state index contributed by atoms with van der Waals surface area (Å²) in [6.45, 7) is 1.73. The zero-order valence-corrected chi connectivity index (χ0v) is 15.9. The first-order chi connectivity index (χ1) is 12.9. The van der Waals surface area contributed by atoms with Crippen molar-refractivity contribution in [1.29, 1.82) is 0 Å². The minimum atomic E-state index is -0.539. The molecule has 2 aromatic rings. The van der Waals surface area contributed by atoms with Crippen molar-refractivity contribution in [1.82, 2.24) is 5.32 Å². The maximum absolute atomic E-state index is 12.2. The van der Waals surface area contributed by atoms with E-state index in [-0.39, 0.29) is 12.5 Å². The van der Waals surface area contributed by atoms with Crippen LogP contribution < -0.4 is 15.8 Å². The average Bonchev–Trinajstić information content (AvgIpc) is 2.96. The number of hydrogen-bond donors (Lipinski definition) is 2. The van der Waals surface area contributed by atoms with E-state index in [0.29, 0.717) is 20.8 Å². The monoisotopic (exact) mass is 401 g/mol. The molecule has 0 aromatic heterocycles. The Kier molecular flexibility index (Phi) is 5.83. The van der Waals surface area contributed by atoms with Crippen LogP contribution in [0, 0.1) is 6.92 Å². The second-order valence-corrected chi connectivity index (χ2v) is 7.20. The van der Waals surface area contributed by atoms with Gasteiger partial charge in [-0.05, 0) is 66.2 Å². The first-order valence-corrected chi connectivity index (χ1v) is 9.17. The number of nitrogens with two attached hydrogens (primary N) is 1. The molecule has 0 saturated carbocycles. The third-order valence-electron chi connectivity index (χ3n) is 3.59. The van der Waals surface area contributed by atoms with Crippen LogP contribution in [0.25, 0.3) is 6.08 Å². The third kappa shape index (κ3) is 5.12. The Hall–Kier alpha value is -2.77. The second kappa shape index (κ2) is 8.28. The van der Waals surface area contributed by atoms with Gasteiger partial charge in [-0.25, -0.2) is 4.99 Å². The fourth-order valence-corrected chi connectivity index (χ4v) is 3.36. The minimum Gasteiger partial charge on any atom is -0.484 e. The van der Waals surface area contributed by atoms with Crippen molar-refractivity contribution < 1.29 is 14.3 Å². The Morgan fingerprint density at radius 3 is 2.70 bits per heavy atom. The third-order valence-corrected chi connectivity index (χ3v) is 4.74. The molecule has 0 atom stereocenters. The number of halogens is 1. The van der Waals surface area contributed by atoms with Crippen LogP contribution in [0.5, 0.6) is 5.75 Å². The van der Waals surface area contributed by atoms with Gasteiger partial charge < -0.3 is 15.8 Å². The summed E-state index contributed by atoms with van der Waals surface area (Å²) in [7, 11) is 0. The summed E-state index contributed by atoms with van der Waals surface area (Å²) in [5.74, 6) is -0.220. The number of ether oxygens (including phenoxy) is 1. The number of rotatable bonds is 5. The predicted molar refractivity (Wildman–Crippen MR) is 108 cm³/mol. The van der Waals surface area contributed by atoms with Crippen LogP contribution in [0.2, 0.25) is 5.02 Å². The molecule has 0 unspecified atom stereocenters. The smallest absolute Gasteiger partial charge is 0.264 e. The normalized spacial score (nSPS) is 16.6. The van der Waals surface area contributed by atoms with Crippen molar-refractivity contribution in [2.75, 3.05) is 6.61 Å². The van der Waals surface area contributed by atoms with Gasteiger partial charge >= 0.3 is 0 Å². The summed E-state index contributed by atoms with van der Waals surface area (Å²) in [5.41, 5.74) is 7.54. The first-order valence-electron chi connectivity index (χ1n) is 7.97. The highest BCUT2D eigenvalue weighted by molar-refractivity contribution is 8.18. The molecule has 3 N–H and O–H groups in total. The minimum absolute atomic E-state index is 0.178. The fraction of sp³-hybridized carbons (Fsp3) is 0.105. The van der Waals surface area contributed by atoms with E-state index < -0.39 is 5.91 Å². The van der Waals surface area contributed by atoms with Gasteiger partial charge in [0, 0.05) is 5.02 Å². The zero-order chi connectivity index (χ0) is 19.4. The molecule has 0 aliphatic carbocycles. The Labute approximate surface area is 165 Å². The first kappa shape index (κ1) is 19.0. The summed E-state index contributed by atoms with van der Waals surface area (Å²) < 4.78 is 5.21. The molecule has 1 aliphatic rings. The van der Waals surface area contributed by atoms with Gasteiger partial charge in [0.1, 0.15) is 5.75 Å². The Balaban J connectivity index is 1.73. The van der Waals surface area contributed by atoms with E-state index in [2.05, 4.69) is 10.3 Å². The van der Waals surface area contributed by atoms with Crippen molar-refractivity contribution >= 4 is 52.1 Å². The van der Waals surface area contributed by atoms with Gasteiger partial charge in [0.15, 0.2) is 11.8 Å². The van der Waals surface area contributed by atoms with Crippen LogP contribution in [0.4, 0.5) is 5.69 Å². The predicted octanol–water partition coefficient (Wildman–Crippen LogP) is 3.40. The van der Waals surface area contributed by atoms with Crippen LogP contribution in [0.3, 0.4) is 0 Å². The quantitative estimate of drug-likeness (QED) is 0.751. The number of thioether (sulfide) groups is 1. The van der Waals surface area contributed by atoms with Crippen molar-refractivity contribution in [3.05, 3.63) is 63.5 Å². The van der Waals surface area contributed by atoms with Gasteiger partial charge in [-0.3, -0.25) is 9.59 Å². The summed E-state index contributed by atoms with van der Waals surface area (Å²) in [5, 5.41) is 3.91. The van der Waals surface area contributed by atoms with Gasteiger partial charge in [0.05, 0.1) is 10.6 Å². The number of aryl methyl sites for hydroxylation is 1. The molecular formula is C19H16ClN3O3S. The molecule has 1 fully saturated rings. The van der Waals surface area contributed by atoms with E-state index in [4.69, 9.17) is 22.1 Å². The van der Waals surface area contributed by atoms with Gasteiger partial charge in [-0.15, -0.1) is 0 Å². The molecule has 2 aromatic carbocycles. The molecule has 27 heavy (non-hydrogen) atoms. The van der Waals surface area contributed by atoms with E-state index in [1.807, 2.05) is 19.1 Å². The maximum atomic E-state index is 12.2. The molecule has 1 heterocycles. The molecule has 6 nitrogen and oxygen atoms in total. The largest absolute Gasteiger partial charge is 0.484 e. The van der Waals surface area contributed by atoms with E-state index in [9.17, 15) is 9.59 Å². The number of hydrogen-bond acceptors (Lipinski definition) is 5. The molecule has 1 aliphatic heterocycles. The molecular weight excluding hydrogens is 386 g/mol. The van der Waals surface area contributed by atoms with Crippen LogP contribution in [-0.2, 0) is 9.59 Å². The van der Waals surface area contributed by atoms with Crippen molar-refractivity contribution in [3.63, 3.8) is 0 Å². The number of benzene rings is 2.